The maximum absolute atomic E-state index is 12.4. The Balaban J connectivity index is 0.000000980. The van der Waals surface area contributed by atoms with E-state index >= 15 is 0 Å². The fourth-order valence-electron chi connectivity index (χ4n) is 5.35. The molecule has 2 N–H and O–H groups in total. The van der Waals surface area contributed by atoms with Crippen LogP contribution in [0.2, 0.25) is 0 Å². The average molecular weight is 400 g/mol. The van der Waals surface area contributed by atoms with E-state index in [1.54, 1.807) is 0 Å². The Hall–Kier alpha value is -1.11. The van der Waals surface area contributed by atoms with Crippen molar-refractivity contribution in [3.05, 3.63) is 17.1 Å². The normalized spacial score (nSPS) is 31.2. The van der Waals surface area contributed by atoms with Gasteiger partial charge in [-0.3, -0.25) is 4.79 Å². The molecule has 1 aromatic rings. The lowest BCUT2D eigenvalue weighted by Crippen LogP contribution is -2.39. The molecule has 0 unspecified atom stereocenters. The van der Waals surface area contributed by atoms with Crippen molar-refractivity contribution < 1.29 is 4.79 Å². The molecule has 4 atom stereocenters. The molecule has 5 rings (SSSR count). The summed E-state index contributed by atoms with van der Waals surface area (Å²) >= 11 is 0. The SMILES string of the molecule is CC(C)c1nc2c(c(N3[C@@H]4CC[C@H]3[C@H]3CNC[C@H]34)n1)CCNC2=O.Cl.Cl. The third-order valence-electron chi connectivity index (χ3n) is 6.41. The monoisotopic (exact) mass is 399 g/mol. The highest BCUT2D eigenvalue weighted by Gasteiger charge is 2.55. The fraction of sp³-hybridized carbons (Fsp3) is 0.722. The van der Waals surface area contributed by atoms with Crippen LogP contribution in [-0.4, -0.2) is 47.6 Å². The summed E-state index contributed by atoms with van der Waals surface area (Å²) in [5.41, 5.74) is 1.69. The Labute approximate surface area is 166 Å². The van der Waals surface area contributed by atoms with Crippen molar-refractivity contribution in [2.75, 3.05) is 24.5 Å². The quantitative estimate of drug-likeness (QED) is 0.794. The Bertz CT molecular complexity index is 695. The Morgan fingerprint density at radius 3 is 2.35 bits per heavy atom. The van der Waals surface area contributed by atoms with Crippen LogP contribution in [0, 0.1) is 11.8 Å². The smallest absolute Gasteiger partial charge is 0.270 e. The minimum atomic E-state index is -0.0322. The number of hydrogen-bond donors (Lipinski definition) is 2. The molecule has 26 heavy (non-hydrogen) atoms. The lowest BCUT2D eigenvalue weighted by Gasteiger charge is -2.30. The summed E-state index contributed by atoms with van der Waals surface area (Å²) in [6.07, 6.45) is 3.36. The molecule has 1 amide bonds. The highest BCUT2D eigenvalue weighted by Crippen LogP contribution is 2.50. The summed E-state index contributed by atoms with van der Waals surface area (Å²) in [4.78, 5) is 24.5. The zero-order valence-corrected chi connectivity index (χ0v) is 16.8. The zero-order chi connectivity index (χ0) is 16.4. The van der Waals surface area contributed by atoms with Crippen LogP contribution in [0.3, 0.4) is 0 Å². The number of hydrogen-bond acceptors (Lipinski definition) is 5. The van der Waals surface area contributed by atoms with Gasteiger partial charge in [0.05, 0.1) is 0 Å². The average Bonchev–Trinajstić information content (AvgIpc) is 3.26. The molecular weight excluding hydrogens is 373 g/mol. The predicted molar refractivity (Wildman–Crippen MR) is 106 cm³/mol. The first-order chi connectivity index (χ1) is 11.6. The van der Waals surface area contributed by atoms with E-state index in [4.69, 9.17) is 4.98 Å². The second kappa shape index (κ2) is 7.13. The third-order valence-corrected chi connectivity index (χ3v) is 6.41. The minimum absolute atomic E-state index is 0. The maximum atomic E-state index is 12.4. The summed E-state index contributed by atoms with van der Waals surface area (Å²) in [5, 5.41) is 6.51. The van der Waals surface area contributed by atoms with Crippen LogP contribution in [0.25, 0.3) is 0 Å². The van der Waals surface area contributed by atoms with Gasteiger partial charge in [-0.05, 0) is 31.1 Å². The van der Waals surface area contributed by atoms with Crippen LogP contribution in [0.1, 0.15) is 54.5 Å². The highest BCUT2D eigenvalue weighted by atomic mass is 35.5. The molecule has 2 bridgehead atoms. The summed E-state index contributed by atoms with van der Waals surface area (Å²) in [6.45, 7) is 7.16. The highest BCUT2D eigenvalue weighted by molar-refractivity contribution is 5.96. The molecule has 0 saturated carbocycles. The van der Waals surface area contributed by atoms with Crippen LogP contribution in [-0.2, 0) is 6.42 Å². The van der Waals surface area contributed by atoms with Gasteiger partial charge in [0, 0.05) is 43.2 Å². The molecule has 3 fully saturated rings. The summed E-state index contributed by atoms with van der Waals surface area (Å²) in [5.74, 6) is 3.56. The third kappa shape index (κ3) is 2.69. The van der Waals surface area contributed by atoms with Gasteiger partial charge < -0.3 is 15.5 Å². The van der Waals surface area contributed by atoms with E-state index in [1.165, 1.54) is 12.8 Å². The van der Waals surface area contributed by atoms with Crippen LogP contribution >= 0.6 is 24.8 Å². The number of fused-ring (bicyclic) bond motifs is 6. The number of nitrogens with zero attached hydrogens (tertiary/aromatic N) is 3. The number of carbonyl (C=O) groups is 1. The van der Waals surface area contributed by atoms with Gasteiger partial charge in [0.1, 0.15) is 17.3 Å². The van der Waals surface area contributed by atoms with Crippen molar-refractivity contribution in [2.24, 2.45) is 11.8 Å². The topological polar surface area (TPSA) is 70.2 Å². The second-order valence-corrected chi connectivity index (χ2v) is 8.00. The van der Waals surface area contributed by atoms with Gasteiger partial charge in [-0.25, -0.2) is 9.97 Å². The Morgan fingerprint density at radius 1 is 1.08 bits per heavy atom. The zero-order valence-electron chi connectivity index (χ0n) is 15.2. The number of amides is 1. The van der Waals surface area contributed by atoms with Crippen molar-refractivity contribution in [2.45, 2.75) is 51.1 Å². The van der Waals surface area contributed by atoms with Gasteiger partial charge in [-0.15, -0.1) is 24.8 Å². The Morgan fingerprint density at radius 2 is 1.73 bits per heavy atom. The first-order valence-electron chi connectivity index (χ1n) is 9.33. The molecule has 0 aliphatic carbocycles. The summed E-state index contributed by atoms with van der Waals surface area (Å²) in [6, 6.07) is 1.16. The van der Waals surface area contributed by atoms with E-state index in [1.807, 2.05) is 0 Å². The van der Waals surface area contributed by atoms with E-state index < -0.39 is 0 Å². The summed E-state index contributed by atoms with van der Waals surface area (Å²) in [7, 11) is 0. The molecule has 8 heteroatoms. The van der Waals surface area contributed by atoms with Gasteiger partial charge in [0.2, 0.25) is 0 Å². The molecular formula is C18H27Cl2N5O. The summed E-state index contributed by atoms with van der Waals surface area (Å²) < 4.78 is 0. The van der Waals surface area contributed by atoms with Crippen molar-refractivity contribution in [3.63, 3.8) is 0 Å². The van der Waals surface area contributed by atoms with Gasteiger partial charge in [0.25, 0.3) is 5.91 Å². The minimum Gasteiger partial charge on any atom is -0.350 e. The van der Waals surface area contributed by atoms with Crippen LogP contribution in [0.4, 0.5) is 5.82 Å². The molecule has 4 aliphatic rings. The van der Waals surface area contributed by atoms with Crippen molar-refractivity contribution in [3.8, 4) is 0 Å². The number of rotatable bonds is 2. The van der Waals surface area contributed by atoms with E-state index in [0.717, 1.165) is 48.6 Å². The van der Waals surface area contributed by atoms with Gasteiger partial charge in [-0.2, -0.15) is 0 Å². The lowest BCUT2D eigenvalue weighted by atomic mass is 9.82. The number of aromatic nitrogens is 2. The first kappa shape index (κ1) is 19.6. The number of nitrogens with one attached hydrogen (secondary N) is 2. The maximum Gasteiger partial charge on any atom is 0.270 e. The molecule has 5 heterocycles. The molecule has 144 valence electrons. The Kier molecular flexibility index (Phi) is 5.39. The molecule has 0 radical (unpaired) electrons. The number of anilines is 1. The number of halogens is 2. The van der Waals surface area contributed by atoms with Crippen molar-refractivity contribution >= 4 is 36.5 Å². The molecule has 6 nitrogen and oxygen atoms in total. The van der Waals surface area contributed by atoms with E-state index in [9.17, 15) is 4.79 Å². The standard InChI is InChI=1S/C18H25N5O.2ClH/c1-9(2)16-21-15-10(5-6-20-18(15)24)17(22-16)23-13-3-4-14(23)12-8-19-7-11(12)13;;/h9,11-14,19H,3-8H2,1-2H3,(H,20,24);2*1H/t11-,12+,13-,14+;;. The van der Waals surface area contributed by atoms with Crippen LogP contribution in [0.5, 0.6) is 0 Å². The van der Waals surface area contributed by atoms with E-state index in [2.05, 4.69) is 34.4 Å². The molecule has 1 aromatic heterocycles. The van der Waals surface area contributed by atoms with Crippen molar-refractivity contribution in [1.82, 2.24) is 20.6 Å². The molecule has 0 aromatic carbocycles. The van der Waals surface area contributed by atoms with E-state index in [0.29, 0.717) is 24.3 Å². The van der Waals surface area contributed by atoms with Crippen LogP contribution in [0.15, 0.2) is 0 Å². The molecule has 3 saturated heterocycles. The van der Waals surface area contributed by atoms with E-state index in [-0.39, 0.29) is 36.6 Å². The number of carbonyl (C=O) groups excluding carboxylic acids is 1. The molecule has 4 aliphatic heterocycles. The largest absolute Gasteiger partial charge is 0.350 e. The predicted octanol–water partition coefficient (Wildman–Crippen LogP) is 1.92. The second-order valence-electron chi connectivity index (χ2n) is 8.00. The fourth-order valence-corrected chi connectivity index (χ4v) is 5.35. The van der Waals surface area contributed by atoms with Gasteiger partial charge >= 0.3 is 0 Å². The van der Waals surface area contributed by atoms with Crippen molar-refractivity contribution in [1.29, 1.82) is 0 Å². The van der Waals surface area contributed by atoms with Gasteiger partial charge in [0.15, 0.2) is 0 Å². The van der Waals surface area contributed by atoms with Crippen LogP contribution < -0.4 is 15.5 Å². The molecule has 0 spiro atoms. The lowest BCUT2D eigenvalue weighted by molar-refractivity contribution is 0.0940. The van der Waals surface area contributed by atoms with Gasteiger partial charge in [-0.1, -0.05) is 13.8 Å². The first-order valence-corrected chi connectivity index (χ1v) is 9.33.